The highest BCUT2D eigenvalue weighted by Gasteiger charge is 2.09. The Hall–Kier alpha value is -2.53. The highest BCUT2D eigenvalue weighted by molar-refractivity contribution is 7.14. The van der Waals surface area contributed by atoms with E-state index in [4.69, 9.17) is 0 Å². The number of nitrogens with one attached hydrogen (secondary N) is 1. The molecule has 0 saturated heterocycles. The van der Waals surface area contributed by atoms with Gasteiger partial charge in [-0.25, -0.2) is 9.37 Å². The third-order valence-corrected chi connectivity index (χ3v) is 4.16. The van der Waals surface area contributed by atoms with Gasteiger partial charge < -0.3 is 5.32 Å². The molecule has 1 aromatic heterocycles. The second-order valence-electron chi connectivity index (χ2n) is 5.04. The molecule has 116 valence electrons. The van der Waals surface area contributed by atoms with E-state index in [9.17, 15) is 9.18 Å². The van der Waals surface area contributed by atoms with Crippen LogP contribution in [0.1, 0.15) is 12.0 Å². The summed E-state index contributed by atoms with van der Waals surface area (Å²) in [4.78, 5) is 16.4. The van der Waals surface area contributed by atoms with Gasteiger partial charge in [0.1, 0.15) is 5.82 Å². The number of hydrogen-bond acceptors (Lipinski definition) is 3. The van der Waals surface area contributed by atoms with Gasteiger partial charge in [-0.3, -0.25) is 4.79 Å². The number of aromatic nitrogens is 1. The largest absolute Gasteiger partial charge is 0.302 e. The number of nitrogens with zero attached hydrogens (tertiary/aromatic N) is 1. The van der Waals surface area contributed by atoms with Crippen molar-refractivity contribution in [2.45, 2.75) is 12.8 Å². The van der Waals surface area contributed by atoms with Crippen molar-refractivity contribution in [1.29, 1.82) is 0 Å². The fraction of sp³-hybridized carbons (Fsp3) is 0.111. The van der Waals surface area contributed by atoms with Crippen LogP contribution in [-0.2, 0) is 11.2 Å². The molecule has 2 aromatic carbocycles. The Labute approximate surface area is 137 Å². The first-order valence-corrected chi connectivity index (χ1v) is 8.14. The molecule has 0 unspecified atom stereocenters. The Balaban J connectivity index is 1.58. The van der Waals surface area contributed by atoms with Crippen molar-refractivity contribution in [1.82, 2.24) is 4.98 Å². The molecule has 1 amide bonds. The van der Waals surface area contributed by atoms with Crippen molar-refractivity contribution < 1.29 is 9.18 Å². The lowest BCUT2D eigenvalue weighted by atomic mass is 10.1. The Morgan fingerprint density at radius 2 is 1.83 bits per heavy atom. The number of hydrogen-bond donors (Lipinski definition) is 1. The lowest BCUT2D eigenvalue weighted by Crippen LogP contribution is -2.12. The van der Waals surface area contributed by atoms with Gasteiger partial charge >= 0.3 is 0 Å². The lowest BCUT2D eigenvalue weighted by Gasteiger charge is -2.03. The van der Waals surface area contributed by atoms with Gasteiger partial charge in [0.25, 0.3) is 0 Å². The van der Waals surface area contributed by atoms with Gasteiger partial charge in [0.2, 0.25) is 5.91 Å². The first-order chi connectivity index (χ1) is 11.2. The summed E-state index contributed by atoms with van der Waals surface area (Å²) in [6.45, 7) is 0. The first-order valence-electron chi connectivity index (χ1n) is 7.26. The molecule has 0 aliphatic rings. The van der Waals surface area contributed by atoms with Crippen LogP contribution in [0.2, 0.25) is 0 Å². The minimum absolute atomic E-state index is 0.165. The van der Waals surface area contributed by atoms with Gasteiger partial charge in [0.15, 0.2) is 5.13 Å². The smallest absolute Gasteiger partial charge is 0.226 e. The molecular weight excluding hydrogens is 311 g/mol. The van der Waals surface area contributed by atoms with Crippen LogP contribution in [0.3, 0.4) is 0 Å². The zero-order chi connectivity index (χ0) is 16.1. The van der Waals surface area contributed by atoms with E-state index in [0.717, 1.165) is 11.3 Å². The van der Waals surface area contributed by atoms with E-state index in [-0.39, 0.29) is 18.1 Å². The van der Waals surface area contributed by atoms with Crippen molar-refractivity contribution in [3.8, 4) is 11.3 Å². The quantitative estimate of drug-likeness (QED) is 0.749. The molecule has 0 radical (unpaired) electrons. The van der Waals surface area contributed by atoms with Gasteiger partial charge in [-0.05, 0) is 18.1 Å². The van der Waals surface area contributed by atoms with Crippen molar-refractivity contribution in [2.24, 2.45) is 0 Å². The summed E-state index contributed by atoms with van der Waals surface area (Å²) in [6, 6.07) is 16.3. The molecule has 0 aliphatic heterocycles. The van der Waals surface area contributed by atoms with Crippen molar-refractivity contribution in [2.75, 3.05) is 5.32 Å². The molecule has 3 aromatic rings. The van der Waals surface area contributed by atoms with Gasteiger partial charge in [-0.2, -0.15) is 0 Å². The highest BCUT2D eigenvalue weighted by atomic mass is 32.1. The number of halogens is 1. The van der Waals surface area contributed by atoms with Crippen LogP contribution in [0.5, 0.6) is 0 Å². The van der Waals surface area contributed by atoms with E-state index >= 15 is 0 Å². The average molecular weight is 326 g/mol. The molecule has 5 heteroatoms. The standard InChI is InChI=1S/C18H15FN2OS/c19-15-9-5-4-6-13(15)10-11-17(22)21-18-20-16(12-23-18)14-7-2-1-3-8-14/h1-9,12H,10-11H2,(H,20,21,22). The molecule has 0 aliphatic carbocycles. The first kappa shape index (κ1) is 15.4. The Bertz CT molecular complexity index is 802. The van der Waals surface area contributed by atoms with E-state index in [1.807, 2.05) is 35.7 Å². The molecule has 23 heavy (non-hydrogen) atoms. The van der Waals surface area contributed by atoms with Gasteiger partial charge in [-0.15, -0.1) is 11.3 Å². The van der Waals surface area contributed by atoms with E-state index in [1.165, 1.54) is 17.4 Å². The van der Waals surface area contributed by atoms with E-state index in [2.05, 4.69) is 10.3 Å². The summed E-state index contributed by atoms with van der Waals surface area (Å²) < 4.78 is 13.5. The molecule has 0 bridgehead atoms. The van der Waals surface area contributed by atoms with E-state index in [0.29, 0.717) is 17.1 Å². The number of carbonyl (C=O) groups is 1. The molecular formula is C18H15FN2OS. The monoisotopic (exact) mass is 326 g/mol. The van der Waals surface area contributed by atoms with E-state index < -0.39 is 0 Å². The number of anilines is 1. The van der Waals surface area contributed by atoms with Crippen LogP contribution < -0.4 is 5.32 Å². The molecule has 0 atom stereocenters. The summed E-state index contributed by atoms with van der Waals surface area (Å²) in [5.41, 5.74) is 2.39. The topological polar surface area (TPSA) is 42.0 Å². The second-order valence-corrected chi connectivity index (χ2v) is 5.90. The molecule has 0 saturated carbocycles. The molecule has 0 fully saturated rings. The fourth-order valence-corrected chi connectivity index (χ4v) is 2.94. The summed E-state index contributed by atoms with van der Waals surface area (Å²) in [5.74, 6) is -0.442. The summed E-state index contributed by atoms with van der Waals surface area (Å²) >= 11 is 1.38. The number of rotatable bonds is 5. The van der Waals surface area contributed by atoms with E-state index in [1.54, 1.807) is 18.2 Å². The third kappa shape index (κ3) is 4.02. The van der Waals surface area contributed by atoms with Crippen molar-refractivity contribution in [3.05, 3.63) is 71.4 Å². The zero-order valence-electron chi connectivity index (χ0n) is 12.3. The second kappa shape index (κ2) is 7.15. The summed E-state index contributed by atoms with van der Waals surface area (Å²) in [6.07, 6.45) is 0.594. The van der Waals surface area contributed by atoms with Crippen LogP contribution in [0, 0.1) is 5.82 Å². The van der Waals surface area contributed by atoms with Gasteiger partial charge in [0, 0.05) is 17.4 Å². The van der Waals surface area contributed by atoms with Crippen LogP contribution in [-0.4, -0.2) is 10.9 Å². The summed E-state index contributed by atoms with van der Waals surface area (Å²) in [5, 5.41) is 5.23. The molecule has 3 nitrogen and oxygen atoms in total. The number of carbonyl (C=O) groups excluding carboxylic acids is 1. The van der Waals surface area contributed by atoms with Crippen LogP contribution in [0.15, 0.2) is 60.0 Å². The third-order valence-electron chi connectivity index (χ3n) is 3.40. The number of benzene rings is 2. The highest BCUT2D eigenvalue weighted by Crippen LogP contribution is 2.24. The van der Waals surface area contributed by atoms with Gasteiger partial charge in [0.05, 0.1) is 5.69 Å². The molecule has 0 spiro atoms. The maximum Gasteiger partial charge on any atom is 0.226 e. The fourth-order valence-electron chi connectivity index (χ4n) is 2.20. The predicted molar refractivity (Wildman–Crippen MR) is 90.9 cm³/mol. The average Bonchev–Trinajstić information content (AvgIpc) is 3.03. The van der Waals surface area contributed by atoms with Crippen LogP contribution >= 0.6 is 11.3 Å². The van der Waals surface area contributed by atoms with Crippen LogP contribution in [0.25, 0.3) is 11.3 Å². The van der Waals surface area contributed by atoms with Crippen molar-refractivity contribution in [3.63, 3.8) is 0 Å². The lowest BCUT2D eigenvalue weighted by molar-refractivity contribution is -0.116. The molecule has 1 N–H and O–H groups in total. The maximum atomic E-state index is 13.5. The Morgan fingerprint density at radius 1 is 1.09 bits per heavy atom. The molecule has 1 heterocycles. The zero-order valence-corrected chi connectivity index (χ0v) is 13.1. The normalized spacial score (nSPS) is 10.5. The number of aryl methyl sites for hydroxylation is 1. The Kier molecular flexibility index (Phi) is 4.78. The van der Waals surface area contributed by atoms with Crippen molar-refractivity contribution >= 4 is 22.4 Å². The van der Waals surface area contributed by atoms with Gasteiger partial charge in [-0.1, -0.05) is 48.5 Å². The minimum atomic E-state index is -0.277. The number of thiazole rings is 1. The predicted octanol–water partition coefficient (Wildman–Crippen LogP) is 4.52. The minimum Gasteiger partial charge on any atom is -0.302 e. The Morgan fingerprint density at radius 3 is 2.61 bits per heavy atom. The van der Waals surface area contributed by atoms with Crippen LogP contribution in [0.4, 0.5) is 9.52 Å². The summed E-state index contributed by atoms with van der Waals surface area (Å²) in [7, 11) is 0. The molecule has 3 rings (SSSR count). The maximum absolute atomic E-state index is 13.5. The SMILES string of the molecule is O=C(CCc1ccccc1F)Nc1nc(-c2ccccc2)cs1. The number of amides is 1.